The first-order valence-electron chi connectivity index (χ1n) is 15.7. The summed E-state index contributed by atoms with van der Waals surface area (Å²) in [6.07, 6.45) is 1.12. The van der Waals surface area contributed by atoms with E-state index in [0.29, 0.717) is 18.6 Å². The maximum atomic E-state index is 12.8. The molecule has 0 spiro atoms. The third-order valence-electron chi connectivity index (χ3n) is 7.26. The summed E-state index contributed by atoms with van der Waals surface area (Å²) in [5, 5.41) is 1.24. The molecule has 0 saturated carbocycles. The molecular formula is C37H49O5P. The van der Waals surface area contributed by atoms with Crippen molar-refractivity contribution in [1.29, 1.82) is 0 Å². The number of rotatable bonds is 11. The minimum atomic E-state index is -0.779. The van der Waals surface area contributed by atoms with Gasteiger partial charge in [0.15, 0.2) is 0 Å². The van der Waals surface area contributed by atoms with Gasteiger partial charge in [-0.25, -0.2) is 0 Å². The van der Waals surface area contributed by atoms with E-state index < -0.39 is 7.92 Å². The summed E-state index contributed by atoms with van der Waals surface area (Å²) in [7, 11) is -0.779. The fourth-order valence-corrected chi connectivity index (χ4v) is 9.48. The summed E-state index contributed by atoms with van der Waals surface area (Å²) in [6.45, 7) is 20.9. The van der Waals surface area contributed by atoms with E-state index >= 15 is 0 Å². The van der Waals surface area contributed by atoms with Crippen LogP contribution in [0, 0.1) is 0 Å². The molecule has 2 unspecified atom stereocenters. The van der Waals surface area contributed by atoms with E-state index in [9.17, 15) is 4.79 Å². The van der Waals surface area contributed by atoms with E-state index in [1.807, 2.05) is 91.8 Å². The van der Waals surface area contributed by atoms with Crippen LogP contribution in [-0.4, -0.2) is 41.5 Å². The second-order valence-corrected chi connectivity index (χ2v) is 15.7. The summed E-state index contributed by atoms with van der Waals surface area (Å²) >= 11 is 0. The predicted octanol–water partition coefficient (Wildman–Crippen LogP) is 9.42. The van der Waals surface area contributed by atoms with Crippen molar-refractivity contribution >= 4 is 19.0 Å². The Morgan fingerprint density at radius 2 is 0.860 bits per heavy atom. The number of carbonyl (C=O) groups excluding carboxylic acids is 1. The zero-order chi connectivity index (χ0) is 31.4. The Labute approximate surface area is 260 Å². The van der Waals surface area contributed by atoms with Crippen LogP contribution in [0.15, 0.2) is 54.6 Å². The molecule has 1 heterocycles. The molecule has 1 saturated heterocycles. The van der Waals surface area contributed by atoms with Crippen LogP contribution >= 0.6 is 7.92 Å². The van der Waals surface area contributed by atoms with Crippen LogP contribution in [-0.2, 0) is 4.79 Å². The number of ketones is 1. The van der Waals surface area contributed by atoms with Gasteiger partial charge in [-0.3, -0.25) is 4.79 Å². The van der Waals surface area contributed by atoms with Crippen molar-refractivity contribution < 1.29 is 23.7 Å². The van der Waals surface area contributed by atoms with Crippen molar-refractivity contribution in [3.63, 3.8) is 0 Å². The second-order valence-electron chi connectivity index (χ2n) is 12.7. The number of Topliss-reactive ketones (excluding diaryl/α,β-unsaturated/α-hetero) is 1. The number of carbonyl (C=O) groups is 1. The van der Waals surface area contributed by atoms with Gasteiger partial charge in [-0.2, -0.15) is 0 Å². The molecule has 2 atom stereocenters. The first-order valence-corrected chi connectivity index (χ1v) is 17.2. The molecule has 0 amide bonds. The van der Waals surface area contributed by atoms with Gasteiger partial charge >= 0.3 is 0 Å². The van der Waals surface area contributed by atoms with Crippen LogP contribution < -0.4 is 24.3 Å². The van der Waals surface area contributed by atoms with E-state index in [1.54, 1.807) is 0 Å². The number of ether oxygens (including phenoxy) is 4. The summed E-state index contributed by atoms with van der Waals surface area (Å²) < 4.78 is 25.8. The summed E-state index contributed by atoms with van der Waals surface area (Å²) in [4.78, 5) is 12.8. The van der Waals surface area contributed by atoms with Gasteiger partial charge in [0.05, 0.1) is 35.5 Å². The van der Waals surface area contributed by atoms with Crippen molar-refractivity contribution in [2.75, 3.05) is 0 Å². The lowest BCUT2D eigenvalue weighted by Crippen LogP contribution is -2.30. The molecule has 4 rings (SSSR count). The van der Waals surface area contributed by atoms with Gasteiger partial charge in [-0.05, 0) is 107 Å². The quantitative estimate of drug-likeness (QED) is 0.204. The number of hydrogen-bond donors (Lipinski definition) is 0. The topological polar surface area (TPSA) is 54.0 Å². The molecule has 43 heavy (non-hydrogen) atoms. The lowest BCUT2D eigenvalue weighted by molar-refractivity contribution is -0.119. The molecule has 232 valence electrons. The Balaban J connectivity index is 2.14. The van der Waals surface area contributed by atoms with Crippen molar-refractivity contribution in [3.05, 3.63) is 54.6 Å². The van der Waals surface area contributed by atoms with Gasteiger partial charge < -0.3 is 18.9 Å². The summed E-state index contributed by atoms with van der Waals surface area (Å²) in [5.74, 6) is 3.51. The van der Waals surface area contributed by atoms with Gasteiger partial charge in [0, 0.05) is 12.8 Å². The molecule has 0 N–H and O–H groups in total. The van der Waals surface area contributed by atoms with Crippen LogP contribution in [0.3, 0.4) is 0 Å². The molecule has 0 aliphatic carbocycles. The molecule has 0 aromatic heterocycles. The lowest BCUT2D eigenvalue weighted by Gasteiger charge is -2.38. The average Bonchev–Trinajstić information content (AvgIpc) is 2.87. The van der Waals surface area contributed by atoms with Gasteiger partial charge in [0.25, 0.3) is 0 Å². The third-order valence-corrected chi connectivity index (χ3v) is 10.5. The average molecular weight is 605 g/mol. The number of benzene rings is 3. The Hall–Kier alpha value is -3.04. The van der Waals surface area contributed by atoms with Crippen LogP contribution in [0.1, 0.15) is 82.1 Å². The Morgan fingerprint density at radius 1 is 0.558 bits per heavy atom. The molecule has 5 nitrogen and oxygen atoms in total. The predicted molar refractivity (Wildman–Crippen MR) is 180 cm³/mol. The Bertz CT molecular complexity index is 1250. The molecule has 3 aromatic carbocycles. The standard InChI is InChI=1S/C37H49O5P/c1-22(2)39-31-16-12-17-32(40-23(3)4)35(31)29-14-11-15-30(37(29)43-26(9)20-28(38)21-27(43)10)36-33(41-24(5)6)18-13-19-34(36)42-25(7)8/h11-19,22-27H,20-21H2,1-10H3. The van der Waals surface area contributed by atoms with E-state index in [-0.39, 0.29) is 35.7 Å². The van der Waals surface area contributed by atoms with E-state index in [4.69, 9.17) is 18.9 Å². The smallest absolute Gasteiger partial charge is 0.134 e. The highest BCUT2D eigenvalue weighted by Crippen LogP contribution is 2.57. The van der Waals surface area contributed by atoms with E-state index in [0.717, 1.165) is 45.3 Å². The van der Waals surface area contributed by atoms with Gasteiger partial charge in [0.1, 0.15) is 28.8 Å². The number of hydrogen-bond acceptors (Lipinski definition) is 5. The van der Waals surface area contributed by atoms with Crippen LogP contribution in [0.5, 0.6) is 23.0 Å². The highest BCUT2D eigenvalue weighted by atomic mass is 31.1. The van der Waals surface area contributed by atoms with Crippen molar-refractivity contribution in [2.45, 2.75) is 118 Å². The third kappa shape index (κ3) is 7.73. The summed E-state index contributed by atoms with van der Waals surface area (Å²) in [5.41, 5.74) is 4.50. The molecule has 3 aromatic rings. The van der Waals surface area contributed by atoms with Gasteiger partial charge in [0.2, 0.25) is 0 Å². The molecule has 0 bridgehead atoms. The minimum absolute atomic E-state index is 0.0123. The first-order chi connectivity index (χ1) is 20.4. The fourth-order valence-electron chi connectivity index (χ4n) is 6.00. The fraction of sp³-hybridized carbons (Fsp3) is 0.486. The monoisotopic (exact) mass is 604 g/mol. The zero-order valence-corrected chi connectivity index (χ0v) is 28.5. The van der Waals surface area contributed by atoms with Crippen molar-refractivity contribution in [2.24, 2.45) is 0 Å². The zero-order valence-electron chi connectivity index (χ0n) is 27.6. The maximum absolute atomic E-state index is 12.8. The van der Waals surface area contributed by atoms with Crippen LogP contribution in [0.2, 0.25) is 0 Å². The summed E-state index contributed by atoms with van der Waals surface area (Å²) in [6, 6.07) is 18.6. The molecule has 0 radical (unpaired) electrons. The van der Waals surface area contributed by atoms with Crippen molar-refractivity contribution in [1.82, 2.24) is 0 Å². The molecule has 6 heteroatoms. The lowest BCUT2D eigenvalue weighted by atomic mass is 9.96. The Kier molecular flexibility index (Phi) is 10.8. The largest absolute Gasteiger partial charge is 0.490 e. The Morgan fingerprint density at radius 3 is 1.16 bits per heavy atom. The normalized spacial score (nSPS) is 18.9. The van der Waals surface area contributed by atoms with E-state index in [2.05, 4.69) is 32.0 Å². The van der Waals surface area contributed by atoms with Gasteiger partial charge in [-0.1, -0.05) is 52.1 Å². The molecule has 1 fully saturated rings. The van der Waals surface area contributed by atoms with Gasteiger partial charge in [-0.15, -0.1) is 0 Å². The highest BCUT2D eigenvalue weighted by Gasteiger charge is 2.37. The van der Waals surface area contributed by atoms with E-state index in [1.165, 1.54) is 5.30 Å². The minimum Gasteiger partial charge on any atom is -0.490 e. The first kappa shape index (κ1) is 32.9. The maximum Gasteiger partial charge on any atom is 0.134 e. The van der Waals surface area contributed by atoms with Crippen LogP contribution in [0.25, 0.3) is 22.3 Å². The molecule has 1 aliphatic heterocycles. The van der Waals surface area contributed by atoms with Crippen LogP contribution in [0.4, 0.5) is 0 Å². The highest BCUT2D eigenvalue weighted by molar-refractivity contribution is 7.67. The molecular weight excluding hydrogens is 555 g/mol. The van der Waals surface area contributed by atoms with Crippen molar-refractivity contribution in [3.8, 4) is 45.3 Å². The molecule has 1 aliphatic rings. The second kappa shape index (κ2) is 14.2. The SMILES string of the molecule is CC(C)Oc1cccc(OC(C)C)c1-c1cccc(-c2c(OC(C)C)cccc2OC(C)C)c1P1C(C)CC(=O)CC1C.